The van der Waals surface area contributed by atoms with Gasteiger partial charge in [0, 0.05) is 19.2 Å². The molecule has 0 bridgehead atoms. The van der Waals surface area contributed by atoms with Crippen molar-refractivity contribution >= 4 is 0 Å². The number of hydrogen-bond donors (Lipinski definition) is 2. The third-order valence-electron chi connectivity index (χ3n) is 3.61. The lowest BCUT2D eigenvalue weighted by molar-refractivity contribution is 0.0233. The van der Waals surface area contributed by atoms with Gasteiger partial charge in [-0.25, -0.2) is 0 Å². The van der Waals surface area contributed by atoms with Gasteiger partial charge in [0.15, 0.2) is 0 Å². The van der Waals surface area contributed by atoms with Gasteiger partial charge in [0.05, 0.1) is 12.7 Å². The summed E-state index contributed by atoms with van der Waals surface area (Å²) in [7, 11) is 0. The van der Waals surface area contributed by atoms with E-state index in [0.29, 0.717) is 30.5 Å². The first-order chi connectivity index (χ1) is 8.39. The maximum Gasteiger partial charge on any atom is 0.0897 e. The highest BCUT2D eigenvalue weighted by Crippen LogP contribution is 2.34. The van der Waals surface area contributed by atoms with Crippen LogP contribution in [0.2, 0.25) is 0 Å². The highest BCUT2D eigenvalue weighted by Gasteiger charge is 2.27. The SMILES string of the molecule is CC(C)COCC(O)CNC1CCCC(C)(C)C1. The second-order valence-electron chi connectivity index (χ2n) is 6.95. The zero-order chi connectivity index (χ0) is 13.6. The van der Waals surface area contributed by atoms with Gasteiger partial charge in [0.2, 0.25) is 0 Å². The van der Waals surface area contributed by atoms with Crippen LogP contribution in [0.5, 0.6) is 0 Å². The Morgan fingerprint density at radius 3 is 2.67 bits per heavy atom. The number of nitrogens with one attached hydrogen (secondary N) is 1. The minimum atomic E-state index is -0.381. The van der Waals surface area contributed by atoms with Gasteiger partial charge in [-0.2, -0.15) is 0 Å². The van der Waals surface area contributed by atoms with Crippen molar-refractivity contribution in [1.29, 1.82) is 0 Å². The topological polar surface area (TPSA) is 41.5 Å². The Kier molecular flexibility index (Phi) is 6.61. The van der Waals surface area contributed by atoms with Gasteiger partial charge in [0.25, 0.3) is 0 Å². The number of ether oxygens (including phenoxy) is 1. The highest BCUT2D eigenvalue weighted by atomic mass is 16.5. The Balaban J connectivity index is 2.12. The number of rotatable bonds is 7. The highest BCUT2D eigenvalue weighted by molar-refractivity contribution is 4.83. The van der Waals surface area contributed by atoms with E-state index in [9.17, 15) is 5.11 Å². The molecule has 0 aromatic carbocycles. The average molecular weight is 257 g/mol. The lowest BCUT2D eigenvalue weighted by atomic mass is 9.75. The molecule has 0 amide bonds. The molecule has 0 radical (unpaired) electrons. The van der Waals surface area contributed by atoms with Crippen molar-refractivity contribution in [1.82, 2.24) is 5.32 Å². The van der Waals surface area contributed by atoms with Crippen molar-refractivity contribution < 1.29 is 9.84 Å². The Morgan fingerprint density at radius 1 is 1.33 bits per heavy atom. The summed E-state index contributed by atoms with van der Waals surface area (Å²) in [5.74, 6) is 0.532. The van der Waals surface area contributed by atoms with E-state index in [1.54, 1.807) is 0 Å². The van der Waals surface area contributed by atoms with E-state index < -0.39 is 0 Å². The normalized spacial score (nSPS) is 25.3. The van der Waals surface area contributed by atoms with Gasteiger partial charge >= 0.3 is 0 Å². The van der Waals surface area contributed by atoms with Gasteiger partial charge in [-0.05, 0) is 30.6 Å². The Morgan fingerprint density at radius 2 is 2.06 bits per heavy atom. The van der Waals surface area contributed by atoms with Gasteiger partial charge in [0.1, 0.15) is 0 Å². The molecule has 18 heavy (non-hydrogen) atoms. The zero-order valence-electron chi connectivity index (χ0n) is 12.5. The van der Waals surface area contributed by atoms with Crippen LogP contribution in [-0.4, -0.2) is 37.0 Å². The smallest absolute Gasteiger partial charge is 0.0897 e. The summed E-state index contributed by atoms with van der Waals surface area (Å²) in [6, 6.07) is 0.563. The largest absolute Gasteiger partial charge is 0.389 e. The summed E-state index contributed by atoms with van der Waals surface area (Å²) >= 11 is 0. The van der Waals surface area contributed by atoms with Crippen LogP contribution in [0.15, 0.2) is 0 Å². The summed E-state index contributed by atoms with van der Waals surface area (Å²) in [6.07, 6.45) is 4.69. The van der Waals surface area contributed by atoms with E-state index >= 15 is 0 Å². The van der Waals surface area contributed by atoms with Crippen LogP contribution >= 0.6 is 0 Å². The predicted octanol–water partition coefficient (Wildman–Crippen LogP) is 2.58. The van der Waals surface area contributed by atoms with Crippen LogP contribution in [0.25, 0.3) is 0 Å². The minimum Gasteiger partial charge on any atom is -0.389 e. The van der Waals surface area contributed by atoms with Crippen molar-refractivity contribution in [3.8, 4) is 0 Å². The standard InChI is InChI=1S/C15H31NO2/c1-12(2)10-18-11-14(17)9-16-13-6-5-7-15(3,4)8-13/h12-14,16-17H,5-11H2,1-4H3. The van der Waals surface area contributed by atoms with Crippen LogP contribution < -0.4 is 5.32 Å². The van der Waals surface area contributed by atoms with Crippen molar-refractivity contribution in [3.05, 3.63) is 0 Å². The maximum atomic E-state index is 9.84. The van der Waals surface area contributed by atoms with E-state index in [-0.39, 0.29) is 6.10 Å². The zero-order valence-corrected chi connectivity index (χ0v) is 12.5. The second-order valence-corrected chi connectivity index (χ2v) is 6.95. The number of aliphatic hydroxyl groups is 1. The summed E-state index contributed by atoms with van der Waals surface area (Å²) in [5, 5.41) is 13.3. The van der Waals surface area contributed by atoms with Gasteiger partial charge < -0.3 is 15.2 Å². The molecule has 1 fully saturated rings. The first kappa shape index (κ1) is 15.9. The molecule has 0 spiro atoms. The van der Waals surface area contributed by atoms with Crippen LogP contribution in [0.1, 0.15) is 53.4 Å². The fourth-order valence-corrected chi connectivity index (χ4v) is 2.67. The quantitative estimate of drug-likeness (QED) is 0.736. The van der Waals surface area contributed by atoms with E-state index in [2.05, 4.69) is 33.0 Å². The minimum absolute atomic E-state index is 0.381. The Bertz CT molecular complexity index is 229. The molecule has 0 aliphatic heterocycles. The molecule has 0 aromatic rings. The summed E-state index contributed by atoms with van der Waals surface area (Å²) in [4.78, 5) is 0. The maximum absolute atomic E-state index is 9.84. The van der Waals surface area contributed by atoms with E-state index in [0.717, 1.165) is 6.61 Å². The molecule has 0 heterocycles. The first-order valence-corrected chi connectivity index (χ1v) is 7.38. The molecule has 1 aliphatic carbocycles. The summed E-state index contributed by atoms with van der Waals surface area (Å²) in [6.45, 7) is 10.7. The molecule has 2 unspecified atom stereocenters. The molecule has 1 aliphatic rings. The van der Waals surface area contributed by atoms with Gasteiger partial charge in [-0.1, -0.05) is 34.1 Å². The number of aliphatic hydroxyl groups excluding tert-OH is 1. The van der Waals surface area contributed by atoms with E-state index in [1.165, 1.54) is 25.7 Å². The second kappa shape index (κ2) is 7.46. The molecule has 3 heteroatoms. The predicted molar refractivity (Wildman–Crippen MR) is 75.7 cm³/mol. The lowest BCUT2D eigenvalue weighted by Crippen LogP contribution is -2.42. The van der Waals surface area contributed by atoms with E-state index in [1.807, 2.05) is 0 Å². The Labute approximate surface area is 112 Å². The molecule has 1 saturated carbocycles. The molecule has 108 valence electrons. The molecule has 0 saturated heterocycles. The van der Waals surface area contributed by atoms with E-state index in [4.69, 9.17) is 4.74 Å². The third-order valence-corrected chi connectivity index (χ3v) is 3.61. The Hall–Kier alpha value is -0.120. The lowest BCUT2D eigenvalue weighted by Gasteiger charge is -2.36. The van der Waals surface area contributed by atoms with Crippen molar-refractivity contribution in [3.63, 3.8) is 0 Å². The van der Waals surface area contributed by atoms with Crippen LogP contribution in [0, 0.1) is 11.3 Å². The van der Waals surface area contributed by atoms with Gasteiger partial charge in [-0.3, -0.25) is 0 Å². The molecule has 1 rings (SSSR count). The molecular formula is C15H31NO2. The molecular weight excluding hydrogens is 226 g/mol. The summed E-state index contributed by atoms with van der Waals surface area (Å²) < 4.78 is 5.45. The molecule has 2 atom stereocenters. The fourth-order valence-electron chi connectivity index (χ4n) is 2.67. The van der Waals surface area contributed by atoms with Crippen LogP contribution in [0.4, 0.5) is 0 Å². The molecule has 0 aromatic heterocycles. The summed E-state index contributed by atoms with van der Waals surface area (Å²) in [5.41, 5.74) is 0.453. The van der Waals surface area contributed by atoms with Crippen molar-refractivity contribution in [2.75, 3.05) is 19.8 Å². The van der Waals surface area contributed by atoms with Crippen molar-refractivity contribution in [2.24, 2.45) is 11.3 Å². The third kappa shape index (κ3) is 6.72. The van der Waals surface area contributed by atoms with Crippen LogP contribution in [-0.2, 0) is 4.74 Å². The van der Waals surface area contributed by atoms with Crippen molar-refractivity contribution in [2.45, 2.75) is 65.5 Å². The monoisotopic (exact) mass is 257 g/mol. The first-order valence-electron chi connectivity index (χ1n) is 7.38. The fraction of sp³-hybridized carbons (Fsp3) is 1.00. The molecule has 2 N–H and O–H groups in total. The molecule has 3 nitrogen and oxygen atoms in total. The number of hydrogen-bond acceptors (Lipinski definition) is 3. The average Bonchev–Trinajstić information content (AvgIpc) is 2.24. The van der Waals surface area contributed by atoms with Crippen LogP contribution in [0.3, 0.4) is 0 Å². The van der Waals surface area contributed by atoms with Gasteiger partial charge in [-0.15, -0.1) is 0 Å².